The van der Waals surface area contributed by atoms with Gasteiger partial charge < -0.3 is 15.2 Å². The maximum absolute atomic E-state index is 11.7. The fourth-order valence-corrected chi connectivity index (χ4v) is 2.42. The van der Waals surface area contributed by atoms with Crippen LogP contribution in [0.15, 0.2) is 18.2 Å². The second-order valence-corrected chi connectivity index (χ2v) is 5.59. The van der Waals surface area contributed by atoms with E-state index < -0.39 is 6.10 Å². The van der Waals surface area contributed by atoms with E-state index in [0.29, 0.717) is 35.2 Å². The predicted molar refractivity (Wildman–Crippen MR) is 78.0 cm³/mol. The first-order valence-corrected chi connectivity index (χ1v) is 7.36. The van der Waals surface area contributed by atoms with Crippen molar-refractivity contribution < 1.29 is 14.6 Å². The highest BCUT2D eigenvalue weighted by molar-refractivity contribution is 6.42. The lowest BCUT2D eigenvalue weighted by atomic mass is 10.1. The summed E-state index contributed by atoms with van der Waals surface area (Å²) in [6.45, 7) is 1.03. The van der Waals surface area contributed by atoms with E-state index >= 15 is 0 Å². The predicted octanol–water partition coefficient (Wildman–Crippen LogP) is 2.71. The summed E-state index contributed by atoms with van der Waals surface area (Å²) in [7, 11) is 0. The molecule has 1 aliphatic rings. The Morgan fingerprint density at radius 1 is 1.45 bits per heavy atom. The Kier molecular flexibility index (Phi) is 5.66. The van der Waals surface area contributed by atoms with Crippen molar-refractivity contribution in [1.29, 1.82) is 0 Å². The Hall–Kier alpha value is -0.810. The number of amides is 1. The van der Waals surface area contributed by atoms with Crippen LogP contribution in [0.25, 0.3) is 0 Å². The Balaban J connectivity index is 1.78. The van der Waals surface area contributed by atoms with E-state index in [1.54, 1.807) is 18.2 Å². The van der Waals surface area contributed by atoms with E-state index in [4.69, 9.17) is 27.9 Å². The first-order chi connectivity index (χ1) is 9.58. The van der Waals surface area contributed by atoms with Gasteiger partial charge in [0.05, 0.1) is 16.1 Å². The van der Waals surface area contributed by atoms with Gasteiger partial charge in [-0.3, -0.25) is 4.79 Å². The molecule has 0 bridgehead atoms. The maximum Gasteiger partial charge on any atom is 0.249 e. The second kappa shape index (κ2) is 7.27. The van der Waals surface area contributed by atoms with Crippen molar-refractivity contribution in [3.63, 3.8) is 0 Å². The molecule has 1 fully saturated rings. The third-order valence-corrected chi connectivity index (χ3v) is 4.01. The van der Waals surface area contributed by atoms with Gasteiger partial charge >= 0.3 is 0 Å². The van der Waals surface area contributed by atoms with Crippen LogP contribution in [0.4, 0.5) is 0 Å². The zero-order valence-corrected chi connectivity index (χ0v) is 12.5. The van der Waals surface area contributed by atoms with Gasteiger partial charge in [-0.25, -0.2) is 0 Å². The van der Waals surface area contributed by atoms with Crippen LogP contribution >= 0.6 is 23.2 Å². The van der Waals surface area contributed by atoms with Crippen LogP contribution in [-0.4, -0.2) is 30.3 Å². The molecule has 0 spiro atoms. The summed E-state index contributed by atoms with van der Waals surface area (Å²) in [6.07, 6.45) is 1.08. The number of nitrogens with one attached hydrogen (secondary N) is 1. The van der Waals surface area contributed by atoms with Crippen molar-refractivity contribution in [3.8, 4) is 0 Å². The van der Waals surface area contributed by atoms with Crippen molar-refractivity contribution in [2.24, 2.45) is 0 Å². The van der Waals surface area contributed by atoms with E-state index in [1.165, 1.54) is 0 Å². The van der Waals surface area contributed by atoms with Gasteiger partial charge in [-0.1, -0.05) is 29.3 Å². The third-order valence-electron chi connectivity index (χ3n) is 3.27. The molecule has 0 radical (unpaired) electrons. The number of hydrogen-bond donors (Lipinski definition) is 2. The SMILES string of the molecule is O=C(NCC[C@@H](O)c1ccc(Cl)c(Cl)c1)[C@@H]1CCCO1. The Morgan fingerprint density at radius 2 is 2.25 bits per heavy atom. The molecule has 0 aliphatic carbocycles. The number of carbonyl (C=O) groups is 1. The van der Waals surface area contributed by atoms with E-state index in [-0.39, 0.29) is 12.0 Å². The zero-order chi connectivity index (χ0) is 14.5. The highest BCUT2D eigenvalue weighted by Gasteiger charge is 2.23. The molecule has 2 atom stereocenters. The number of halogens is 2. The minimum absolute atomic E-state index is 0.108. The largest absolute Gasteiger partial charge is 0.388 e. The Morgan fingerprint density at radius 3 is 2.90 bits per heavy atom. The molecule has 0 aromatic heterocycles. The number of carbonyl (C=O) groups excluding carboxylic acids is 1. The van der Waals surface area contributed by atoms with E-state index in [9.17, 15) is 9.90 Å². The topological polar surface area (TPSA) is 58.6 Å². The molecule has 1 amide bonds. The van der Waals surface area contributed by atoms with Crippen LogP contribution in [0.3, 0.4) is 0 Å². The van der Waals surface area contributed by atoms with Crippen LogP contribution in [-0.2, 0) is 9.53 Å². The number of ether oxygens (including phenoxy) is 1. The van der Waals surface area contributed by atoms with Gasteiger partial charge in [0, 0.05) is 13.2 Å². The van der Waals surface area contributed by atoms with Crippen LogP contribution in [0.5, 0.6) is 0 Å². The molecule has 0 unspecified atom stereocenters. The number of rotatable bonds is 5. The van der Waals surface area contributed by atoms with Gasteiger partial charge in [0.25, 0.3) is 0 Å². The van der Waals surface area contributed by atoms with Crippen molar-refractivity contribution in [1.82, 2.24) is 5.32 Å². The molecule has 0 saturated carbocycles. The van der Waals surface area contributed by atoms with Crippen LogP contribution in [0, 0.1) is 0 Å². The van der Waals surface area contributed by atoms with Crippen LogP contribution < -0.4 is 5.32 Å². The molecule has 4 nitrogen and oxygen atoms in total. The first-order valence-electron chi connectivity index (χ1n) is 6.60. The molecule has 2 rings (SSSR count). The Labute approximate surface area is 128 Å². The summed E-state index contributed by atoms with van der Waals surface area (Å²) in [5, 5.41) is 13.7. The molecule has 1 saturated heterocycles. The van der Waals surface area contributed by atoms with Gasteiger partial charge in [-0.05, 0) is 37.0 Å². The molecular weight excluding hydrogens is 301 g/mol. The summed E-state index contributed by atoms with van der Waals surface area (Å²) >= 11 is 11.7. The highest BCUT2D eigenvalue weighted by Crippen LogP contribution is 2.26. The second-order valence-electron chi connectivity index (χ2n) is 4.77. The lowest BCUT2D eigenvalue weighted by Gasteiger charge is -2.14. The minimum Gasteiger partial charge on any atom is -0.388 e. The lowest BCUT2D eigenvalue weighted by Crippen LogP contribution is -2.35. The monoisotopic (exact) mass is 317 g/mol. The lowest BCUT2D eigenvalue weighted by molar-refractivity contribution is -0.130. The van der Waals surface area contributed by atoms with Gasteiger partial charge in [0.2, 0.25) is 5.91 Å². The van der Waals surface area contributed by atoms with E-state index in [0.717, 1.165) is 12.8 Å². The normalized spacial score (nSPS) is 19.9. The fraction of sp³-hybridized carbons (Fsp3) is 0.500. The fourth-order valence-electron chi connectivity index (χ4n) is 2.12. The van der Waals surface area contributed by atoms with Gasteiger partial charge in [0.1, 0.15) is 6.10 Å². The van der Waals surface area contributed by atoms with E-state index in [1.807, 2.05) is 0 Å². The molecular formula is C14H17Cl2NO3. The molecule has 1 aromatic rings. The molecule has 1 aliphatic heterocycles. The van der Waals surface area contributed by atoms with Gasteiger partial charge in [0.15, 0.2) is 0 Å². The van der Waals surface area contributed by atoms with Crippen molar-refractivity contribution in [3.05, 3.63) is 33.8 Å². The van der Waals surface area contributed by atoms with Crippen molar-refractivity contribution in [2.75, 3.05) is 13.2 Å². The quantitative estimate of drug-likeness (QED) is 0.877. The summed E-state index contributed by atoms with van der Waals surface area (Å²) in [5.74, 6) is -0.108. The third kappa shape index (κ3) is 4.09. The van der Waals surface area contributed by atoms with Crippen molar-refractivity contribution in [2.45, 2.75) is 31.5 Å². The maximum atomic E-state index is 11.7. The number of aliphatic hydroxyl groups excluding tert-OH is 1. The number of hydrogen-bond acceptors (Lipinski definition) is 3. The summed E-state index contributed by atoms with van der Waals surface area (Å²) in [5.41, 5.74) is 0.686. The van der Waals surface area contributed by atoms with Crippen molar-refractivity contribution >= 4 is 29.1 Å². The Bertz CT molecular complexity index is 475. The summed E-state index contributed by atoms with van der Waals surface area (Å²) in [4.78, 5) is 11.7. The first kappa shape index (κ1) is 15.6. The highest BCUT2D eigenvalue weighted by atomic mass is 35.5. The van der Waals surface area contributed by atoms with Crippen LogP contribution in [0.1, 0.15) is 30.9 Å². The van der Waals surface area contributed by atoms with Crippen LogP contribution in [0.2, 0.25) is 10.0 Å². The number of aliphatic hydroxyl groups is 1. The standard InChI is InChI=1S/C14H17Cl2NO3/c15-10-4-3-9(8-11(10)16)12(18)5-6-17-14(19)13-2-1-7-20-13/h3-4,8,12-13,18H,1-2,5-7H2,(H,17,19)/t12-,13+/m1/s1. The molecule has 110 valence electrons. The molecule has 2 N–H and O–H groups in total. The molecule has 1 aromatic carbocycles. The average Bonchev–Trinajstić information content (AvgIpc) is 2.95. The van der Waals surface area contributed by atoms with E-state index in [2.05, 4.69) is 5.32 Å². The smallest absolute Gasteiger partial charge is 0.249 e. The molecule has 1 heterocycles. The molecule has 6 heteroatoms. The number of benzene rings is 1. The van der Waals surface area contributed by atoms with Gasteiger partial charge in [-0.2, -0.15) is 0 Å². The minimum atomic E-state index is -0.686. The average molecular weight is 318 g/mol. The zero-order valence-electron chi connectivity index (χ0n) is 10.9. The summed E-state index contributed by atoms with van der Waals surface area (Å²) < 4.78 is 5.28. The molecule has 20 heavy (non-hydrogen) atoms. The van der Waals surface area contributed by atoms with Gasteiger partial charge in [-0.15, -0.1) is 0 Å². The summed E-state index contributed by atoms with van der Waals surface area (Å²) in [6, 6.07) is 5.00.